The largest absolute Gasteiger partial charge is 0.493 e. The van der Waals surface area contributed by atoms with E-state index in [1.54, 1.807) is 18.2 Å². The molecule has 32 heavy (non-hydrogen) atoms. The van der Waals surface area contributed by atoms with E-state index >= 15 is 0 Å². The van der Waals surface area contributed by atoms with Gasteiger partial charge >= 0.3 is 12.1 Å². The van der Waals surface area contributed by atoms with Gasteiger partial charge in [0.1, 0.15) is 13.2 Å². The molecular formula is C25H23NO6. The van der Waals surface area contributed by atoms with Crippen molar-refractivity contribution >= 4 is 17.7 Å². The highest BCUT2D eigenvalue weighted by molar-refractivity contribution is 5.95. The molecule has 0 aromatic heterocycles. The smallest absolute Gasteiger partial charge is 0.414 e. The second-order valence-corrected chi connectivity index (χ2v) is 7.30. The van der Waals surface area contributed by atoms with Gasteiger partial charge < -0.3 is 19.3 Å². The van der Waals surface area contributed by atoms with Gasteiger partial charge in [0, 0.05) is 5.92 Å². The van der Waals surface area contributed by atoms with Crippen LogP contribution in [0.5, 0.6) is 11.5 Å². The van der Waals surface area contributed by atoms with Crippen molar-refractivity contribution in [2.45, 2.75) is 5.92 Å². The molecule has 7 heteroatoms. The number of nitrogens with zero attached hydrogens (tertiary/aromatic N) is 1. The lowest BCUT2D eigenvalue weighted by Gasteiger charge is -2.24. The average Bonchev–Trinajstić information content (AvgIpc) is 3.14. The fourth-order valence-corrected chi connectivity index (χ4v) is 4.14. The second kappa shape index (κ2) is 9.01. The minimum atomic E-state index is -1.18. The summed E-state index contributed by atoms with van der Waals surface area (Å²) in [7, 11) is 2.90. The zero-order valence-corrected chi connectivity index (χ0v) is 17.8. The van der Waals surface area contributed by atoms with Gasteiger partial charge in [-0.15, -0.1) is 0 Å². The van der Waals surface area contributed by atoms with Crippen LogP contribution in [0.15, 0.2) is 66.7 Å². The van der Waals surface area contributed by atoms with E-state index < -0.39 is 18.6 Å². The minimum absolute atomic E-state index is 0.0786. The third-order valence-electron chi connectivity index (χ3n) is 5.52. The third-order valence-corrected chi connectivity index (χ3v) is 5.52. The van der Waals surface area contributed by atoms with Crippen LogP contribution < -0.4 is 14.4 Å². The van der Waals surface area contributed by atoms with Crippen LogP contribution in [0.3, 0.4) is 0 Å². The Hall–Kier alpha value is -4.00. The lowest BCUT2D eigenvalue weighted by Crippen LogP contribution is -2.37. The van der Waals surface area contributed by atoms with Crippen molar-refractivity contribution in [3.8, 4) is 22.6 Å². The van der Waals surface area contributed by atoms with E-state index in [9.17, 15) is 14.7 Å². The van der Waals surface area contributed by atoms with Crippen LogP contribution in [0.4, 0.5) is 10.5 Å². The normalized spacial score (nSPS) is 11.9. The highest BCUT2D eigenvalue weighted by atomic mass is 16.6. The summed E-state index contributed by atoms with van der Waals surface area (Å²) in [5.74, 6) is -0.676. The number of fused-ring (bicyclic) bond motifs is 3. The van der Waals surface area contributed by atoms with Crippen LogP contribution in [0.1, 0.15) is 17.0 Å². The SMILES string of the molecule is COc1cccc(N(CC(=O)O)C(=O)OCC2c3ccccc3-c3ccccc32)c1OC. The van der Waals surface area contributed by atoms with E-state index in [-0.39, 0.29) is 24.0 Å². The number of carbonyl (C=O) groups is 2. The van der Waals surface area contributed by atoms with Crippen LogP contribution in [-0.4, -0.2) is 44.5 Å². The monoisotopic (exact) mass is 433 g/mol. The first-order valence-corrected chi connectivity index (χ1v) is 10.1. The van der Waals surface area contributed by atoms with Crippen molar-refractivity contribution in [1.29, 1.82) is 0 Å². The number of hydrogen-bond donors (Lipinski definition) is 1. The minimum Gasteiger partial charge on any atom is -0.493 e. The first-order chi connectivity index (χ1) is 15.5. The standard InChI is InChI=1S/C25H23NO6/c1-30-22-13-7-12-21(24(22)31-2)26(14-23(27)28)25(29)32-15-20-18-10-5-3-8-16(18)17-9-4-6-11-19(17)20/h3-13,20H,14-15H2,1-2H3,(H,27,28). The van der Waals surface area contributed by atoms with Crippen molar-refractivity contribution in [3.63, 3.8) is 0 Å². The number of carboxylic acids is 1. The summed E-state index contributed by atoms with van der Waals surface area (Å²) < 4.78 is 16.3. The van der Waals surface area contributed by atoms with Gasteiger partial charge in [-0.25, -0.2) is 4.79 Å². The molecular weight excluding hydrogens is 410 g/mol. The number of hydrogen-bond acceptors (Lipinski definition) is 5. The van der Waals surface area contributed by atoms with E-state index in [0.717, 1.165) is 27.2 Å². The van der Waals surface area contributed by atoms with Gasteiger partial charge in [0.05, 0.1) is 19.9 Å². The maximum absolute atomic E-state index is 13.1. The van der Waals surface area contributed by atoms with Crippen LogP contribution in [0.25, 0.3) is 11.1 Å². The number of amides is 1. The van der Waals surface area contributed by atoms with Gasteiger partial charge in [-0.3, -0.25) is 9.69 Å². The van der Waals surface area contributed by atoms with E-state index in [4.69, 9.17) is 14.2 Å². The molecule has 1 N–H and O–H groups in total. The molecule has 0 fully saturated rings. The number of para-hydroxylation sites is 1. The van der Waals surface area contributed by atoms with Gasteiger partial charge in [0.15, 0.2) is 11.5 Å². The molecule has 0 atom stereocenters. The highest BCUT2D eigenvalue weighted by Gasteiger charge is 2.31. The van der Waals surface area contributed by atoms with Crippen molar-refractivity contribution in [2.75, 3.05) is 32.3 Å². The van der Waals surface area contributed by atoms with Crippen molar-refractivity contribution < 1.29 is 28.9 Å². The predicted molar refractivity (Wildman–Crippen MR) is 120 cm³/mol. The first-order valence-electron chi connectivity index (χ1n) is 10.1. The number of anilines is 1. The molecule has 0 saturated carbocycles. The van der Waals surface area contributed by atoms with Gasteiger partial charge in [-0.1, -0.05) is 54.6 Å². The van der Waals surface area contributed by atoms with E-state index in [1.807, 2.05) is 48.5 Å². The van der Waals surface area contributed by atoms with Crippen LogP contribution in [0.2, 0.25) is 0 Å². The first kappa shape index (κ1) is 21.2. The number of aliphatic carboxylic acids is 1. The molecule has 0 heterocycles. The van der Waals surface area contributed by atoms with E-state index in [0.29, 0.717) is 5.75 Å². The van der Waals surface area contributed by atoms with Crippen LogP contribution in [-0.2, 0) is 9.53 Å². The number of benzene rings is 3. The Morgan fingerprint density at radius 2 is 1.50 bits per heavy atom. The van der Waals surface area contributed by atoms with Gasteiger partial charge in [0.25, 0.3) is 0 Å². The van der Waals surface area contributed by atoms with Crippen molar-refractivity contribution in [3.05, 3.63) is 77.9 Å². The number of rotatable bonds is 7. The molecule has 3 aromatic carbocycles. The predicted octanol–water partition coefficient (Wildman–Crippen LogP) is 4.54. The van der Waals surface area contributed by atoms with Gasteiger partial charge in [-0.2, -0.15) is 0 Å². The van der Waals surface area contributed by atoms with Crippen LogP contribution in [0, 0.1) is 0 Å². The van der Waals surface area contributed by atoms with E-state index in [2.05, 4.69) is 0 Å². The molecule has 1 aliphatic rings. The molecule has 1 amide bonds. The lowest BCUT2D eigenvalue weighted by atomic mass is 9.98. The Morgan fingerprint density at radius 3 is 2.06 bits per heavy atom. The zero-order chi connectivity index (χ0) is 22.7. The zero-order valence-electron chi connectivity index (χ0n) is 17.8. The molecule has 4 rings (SSSR count). The Labute approximate surface area is 185 Å². The molecule has 0 bridgehead atoms. The summed E-state index contributed by atoms with van der Waals surface area (Å²) in [6.07, 6.45) is -0.777. The molecule has 0 saturated heterocycles. The van der Waals surface area contributed by atoms with E-state index in [1.165, 1.54) is 14.2 Å². The number of ether oxygens (including phenoxy) is 3. The fourth-order valence-electron chi connectivity index (χ4n) is 4.14. The Balaban J connectivity index is 1.62. The molecule has 164 valence electrons. The summed E-state index contributed by atoms with van der Waals surface area (Å²) in [5, 5.41) is 9.40. The maximum atomic E-state index is 13.1. The summed E-state index contributed by atoms with van der Waals surface area (Å²) in [6.45, 7) is -0.504. The molecule has 1 aliphatic carbocycles. The van der Waals surface area contributed by atoms with Crippen molar-refractivity contribution in [2.24, 2.45) is 0 Å². The fraction of sp³-hybridized carbons (Fsp3) is 0.200. The number of carboxylic acid groups (broad SMARTS) is 1. The number of carbonyl (C=O) groups excluding carboxylic acids is 1. The summed E-state index contributed by atoms with van der Waals surface area (Å²) in [5.41, 5.74) is 4.63. The molecule has 0 radical (unpaired) electrons. The van der Waals surface area contributed by atoms with Crippen molar-refractivity contribution in [1.82, 2.24) is 0 Å². The second-order valence-electron chi connectivity index (χ2n) is 7.30. The van der Waals surface area contributed by atoms with Gasteiger partial charge in [0.2, 0.25) is 0 Å². The van der Waals surface area contributed by atoms with Crippen LogP contribution >= 0.6 is 0 Å². The molecule has 0 unspecified atom stereocenters. The Kier molecular flexibility index (Phi) is 5.98. The average molecular weight is 433 g/mol. The third kappa shape index (κ3) is 3.85. The van der Waals surface area contributed by atoms with Gasteiger partial charge in [-0.05, 0) is 34.4 Å². The summed E-state index contributed by atoms with van der Waals surface area (Å²) in [6, 6.07) is 20.9. The lowest BCUT2D eigenvalue weighted by molar-refractivity contribution is -0.135. The Morgan fingerprint density at radius 1 is 0.875 bits per heavy atom. The molecule has 0 aliphatic heterocycles. The number of methoxy groups -OCH3 is 2. The molecule has 7 nitrogen and oxygen atoms in total. The molecule has 0 spiro atoms. The Bertz CT molecular complexity index is 1110. The topological polar surface area (TPSA) is 85.3 Å². The molecule has 3 aromatic rings. The maximum Gasteiger partial charge on any atom is 0.414 e. The summed E-state index contributed by atoms with van der Waals surface area (Å²) in [4.78, 5) is 25.6. The summed E-state index contributed by atoms with van der Waals surface area (Å²) >= 11 is 0. The highest BCUT2D eigenvalue weighted by Crippen LogP contribution is 2.44. The quantitative estimate of drug-likeness (QED) is 0.589.